The van der Waals surface area contributed by atoms with Gasteiger partial charge < -0.3 is 4.98 Å². The van der Waals surface area contributed by atoms with E-state index < -0.39 is 22.9 Å². The summed E-state index contributed by atoms with van der Waals surface area (Å²) in [4.78, 5) is 45.1. The number of aromatic nitrogens is 2. The molecule has 0 aromatic carbocycles. The zero-order valence-electron chi connectivity index (χ0n) is 5.66. The summed E-state index contributed by atoms with van der Waals surface area (Å²) in [6, 6.07) is 0.783. The molecular formula is C5H3N3O4. The van der Waals surface area contributed by atoms with Crippen LogP contribution in [0.25, 0.3) is 0 Å². The van der Waals surface area contributed by atoms with Gasteiger partial charge in [-0.15, -0.1) is 4.91 Å². The van der Waals surface area contributed by atoms with E-state index >= 15 is 0 Å². The van der Waals surface area contributed by atoms with Gasteiger partial charge in [-0.3, -0.25) is 14.6 Å². The molecule has 7 heteroatoms. The van der Waals surface area contributed by atoms with Crippen LogP contribution in [0.4, 0.5) is 0 Å². The lowest BCUT2D eigenvalue weighted by Gasteiger charge is -1.88. The van der Waals surface area contributed by atoms with E-state index in [2.05, 4.69) is 0 Å². The average molecular weight is 169 g/mol. The molecule has 1 rings (SSSR count). The summed E-state index contributed by atoms with van der Waals surface area (Å²) < 4.78 is 0. The fourth-order valence-electron chi connectivity index (χ4n) is 0.633. The van der Waals surface area contributed by atoms with Crippen molar-refractivity contribution in [2.75, 3.05) is 0 Å². The van der Waals surface area contributed by atoms with Crippen LogP contribution in [0, 0.1) is 4.91 Å². The number of carbonyl (C=O) groups is 1. The maximum absolute atomic E-state index is 10.6. The van der Waals surface area contributed by atoms with E-state index in [4.69, 9.17) is 0 Å². The van der Waals surface area contributed by atoms with E-state index in [1.165, 1.54) is 0 Å². The first-order chi connectivity index (χ1) is 5.63. The first kappa shape index (κ1) is 8.05. The zero-order valence-corrected chi connectivity index (χ0v) is 5.66. The lowest BCUT2D eigenvalue weighted by molar-refractivity contribution is 0.0995. The number of H-pyrrole nitrogens is 2. The summed E-state index contributed by atoms with van der Waals surface area (Å²) in [6.07, 6.45) is 0. The van der Waals surface area contributed by atoms with Crippen LogP contribution in [0.3, 0.4) is 0 Å². The fourth-order valence-corrected chi connectivity index (χ4v) is 0.633. The van der Waals surface area contributed by atoms with Crippen molar-refractivity contribution in [1.82, 2.24) is 9.97 Å². The van der Waals surface area contributed by atoms with E-state index in [0.29, 0.717) is 0 Å². The molecule has 7 nitrogen and oxygen atoms in total. The van der Waals surface area contributed by atoms with Crippen LogP contribution in [-0.4, -0.2) is 15.9 Å². The third-order valence-corrected chi connectivity index (χ3v) is 1.07. The van der Waals surface area contributed by atoms with Gasteiger partial charge in [-0.1, -0.05) is 0 Å². The Hall–Kier alpha value is -2.05. The Morgan fingerprint density at radius 3 is 2.50 bits per heavy atom. The van der Waals surface area contributed by atoms with E-state index in [-0.39, 0.29) is 0 Å². The molecule has 0 fully saturated rings. The van der Waals surface area contributed by atoms with Gasteiger partial charge in [0, 0.05) is 11.2 Å². The van der Waals surface area contributed by atoms with Gasteiger partial charge >= 0.3 is 11.6 Å². The Kier molecular flexibility index (Phi) is 1.95. The minimum atomic E-state index is -1.18. The Labute approximate surface area is 64.4 Å². The van der Waals surface area contributed by atoms with Crippen molar-refractivity contribution >= 4 is 5.91 Å². The Balaban J connectivity index is 3.36. The van der Waals surface area contributed by atoms with Gasteiger partial charge in [0.1, 0.15) is 5.69 Å². The van der Waals surface area contributed by atoms with Crippen LogP contribution < -0.4 is 11.2 Å². The smallest absolute Gasteiger partial charge is 0.302 e. The number of hydrogen-bond acceptors (Lipinski definition) is 4. The number of nitrogens with one attached hydrogen (secondary N) is 2. The van der Waals surface area contributed by atoms with Gasteiger partial charge in [-0.2, -0.15) is 0 Å². The largest absolute Gasteiger partial charge is 0.333 e. The minimum Gasteiger partial charge on any atom is -0.302 e. The molecule has 0 unspecified atom stereocenters. The number of nitrogens with zero attached hydrogens (tertiary/aromatic N) is 1. The van der Waals surface area contributed by atoms with Crippen LogP contribution >= 0.6 is 0 Å². The molecule has 0 spiro atoms. The second kappa shape index (κ2) is 2.91. The molecular weight excluding hydrogens is 166 g/mol. The van der Waals surface area contributed by atoms with Crippen LogP contribution in [-0.2, 0) is 0 Å². The highest BCUT2D eigenvalue weighted by atomic mass is 16.3. The van der Waals surface area contributed by atoms with E-state index in [9.17, 15) is 19.3 Å². The van der Waals surface area contributed by atoms with E-state index in [1.807, 2.05) is 15.1 Å². The lowest BCUT2D eigenvalue weighted by atomic mass is 10.4. The van der Waals surface area contributed by atoms with Gasteiger partial charge in [0.15, 0.2) is 0 Å². The maximum atomic E-state index is 10.6. The fraction of sp³-hybridized carbons (Fsp3) is 0. The number of rotatable bonds is 1. The van der Waals surface area contributed by atoms with Gasteiger partial charge in [-0.25, -0.2) is 4.79 Å². The summed E-state index contributed by atoms with van der Waals surface area (Å²) in [5.74, 6) is -1.18. The van der Waals surface area contributed by atoms with Gasteiger partial charge in [0.2, 0.25) is 0 Å². The molecule has 1 aromatic heterocycles. The predicted octanol–water partition coefficient (Wildman–Crippen LogP) is -1.03. The quantitative estimate of drug-likeness (QED) is 0.523. The summed E-state index contributed by atoms with van der Waals surface area (Å²) in [7, 11) is 0. The number of amides is 1. The summed E-state index contributed by atoms with van der Waals surface area (Å²) >= 11 is 0. The van der Waals surface area contributed by atoms with Gasteiger partial charge in [0.25, 0.3) is 5.56 Å². The molecule has 0 bridgehead atoms. The highest BCUT2D eigenvalue weighted by Gasteiger charge is 2.06. The summed E-state index contributed by atoms with van der Waals surface area (Å²) in [5.41, 5.74) is -2.03. The normalized spacial score (nSPS) is 9.33. The second-order valence-electron chi connectivity index (χ2n) is 1.90. The molecule has 0 aliphatic rings. The molecule has 2 N–H and O–H groups in total. The van der Waals surface area contributed by atoms with E-state index in [1.54, 1.807) is 0 Å². The van der Waals surface area contributed by atoms with Gasteiger partial charge in [-0.05, 0) is 0 Å². The number of carbonyl (C=O) groups excluding carboxylic acids is 1. The van der Waals surface area contributed by atoms with Crippen molar-refractivity contribution in [3.63, 3.8) is 0 Å². The molecule has 0 aliphatic heterocycles. The van der Waals surface area contributed by atoms with Crippen LogP contribution in [0.2, 0.25) is 0 Å². The topological polar surface area (TPSA) is 112 Å². The molecule has 62 valence electrons. The Morgan fingerprint density at radius 1 is 1.33 bits per heavy atom. The third-order valence-electron chi connectivity index (χ3n) is 1.07. The highest BCUT2D eigenvalue weighted by Crippen LogP contribution is 1.87. The van der Waals surface area contributed by atoms with Crippen LogP contribution in [0.1, 0.15) is 10.5 Å². The molecule has 0 saturated heterocycles. The number of aromatic amines is 2. The van der Waals surface area contributed by atoms with E-state index in [0.717, 1.165) is 6.07 Å². The molecule has 0 atom stereocenters. The second-order valence-corrected chi connectivity index (χ2v) is 1.90. The molecule has 0 saturated carbocycles. The Bertz CT molecular complexity index is 401. The van der Waals surface area contributed by atoms with Gasteiger partial charge in [0.05, 0.1) is 0 Å². The number of nitroso groups, excluding NO2 is 1. The van der Waals surface area contributed by atoms with Crippen molar-refractivity contribution in [1.29, 1.82) is 0 Å². The van der Waals surface area contributed by atoms with Crippen LogP contribution in [0.15, 0.2) is 20.8 Å². The van der Waals surface area contributed by atoms with Crippen molar-refractivity contribution in [2.45, 2.75) is 0 Å². The summed E-state index contributed by atoms with van der Waals surface area (Å²) in [5, 5.41) is 2.03. The lowest BCUT2D eigenvalue weighted by Crippen LogP contribution is -2.24. The SMILES string of the molecule is O=NC(=O)c1cc(=O)[nH]c(=O)[nH]1. The predicted molar refractivity (Wildman–Crippen MR) is 37.8 cm³/mol. The number of hydrogen-bond donors (Lipinski definition) is 2. The monoisotopic (exact) mass is 169 g/mol. The summed E-state index contributed by atoms with van der Waals surface area (Å²) in [6.45, 7) is 0. The first-order valence-electron chi connectivity index (χ1n) is 2.85. The molecule has 0 aliphatic carbocycles. The van der Waals surface area contributed by atoms with Crippen molar-refractivity contribution in [3.8, 4) is 0 Å². The minimum absolute atomic E-state index is 0.418. The van der Waals surface area contributed by atoms with Crippen molar-refractivity contribution in [2.24, 2.45) is 5.18 Å². The highest BCUT2D eigenvalue weighted by molar-refractivity contribution is 5.92. The maximum Gasteiger partial charge on any atom is 0.333 e. The molecule has 1 heterocycles. The molecule has 1 amide bonds. The molecule has 0 radical (unpaired) electrons. The molecule has 12 heavy (non-hydrogen) atoms. The Morgan fingerprint density at radius 2 is 2.00 bits per heavy atom. The zero-order chi connectivity index (χ0) is 9.14. The third kappa shape index (κ3) is 1.51. The van der Waals surface area contributed by atoms with Crippen molar-refractivity contribution < 1.29 is 4.79 Å². The van der Waals surface area contributed by atoms with Crippen LogP contribution in [0.5, 0.6) is 0 Å². The molecule has 1 aromatic rings. The van der Waals surface area contributed by atoms with Crippen molar-refractivity contribution in [3.05, 3.63) is 37.5 Å². The standard InChI is InChI=1S/C5H3N3O4/c9-3-1-2(4(10)8-12)6-5(11)7-3/h1H,(H2,6,7,9,11). The first-order valence-corrected chi connectivity index (χ1v) is 2.85. The average Bonchev–Trinajstić information content (AvgIpc) is 2.01.